The molecule has 0 atom stereocenters. The number of ether oxygens (including phenoxy) is 1. The molecule has 3 nitrogen and oxygen atoms in total. The molecule has 0 radical (unpaired) electrons. The molecule has 130 valence electrons. The molecular formula is C21H30NO2+. The van der Waals surface area contributed by atoms with Crippen LogP contribution < -0.4 is 0 Å². The number of hydrogen-bond acceptors (Lipinski definition) is 2. The van der Waals surface area contributed by atoms with Gasteiger partial charge in [-0.1, -0.05) is 50.2 Å². The van der Waals surface area contributed by atoms with Crippen molar-refractivity contribution in [2.24, 2.45) is 0 Å². The average Bonchev–Trinajstić information content (AvgIpc) is 2.61. The van der Waals surface area contributed by atoms with Crippen molar-refractivity contribution < 1.29 is 14.0 Å². The number of rotatable bonds is 9. The summed E-state index contributed by atoms with van der Waals surface area (Å²) in [6.07, 6.45) is 2.32. The molecule has 0 aliphatic carbocycles. The highest BCUT2D eigenvalue weighted by Crippen LogP contribution is 2.19. The minimum absolute atomic E-state index is 0.214. The predicted octanol–water partition coefficient (Wildman–Crippen LogP) is 4.65. The van der Waals surface area contributed by atoms with Gasteiger partial charge in [-0.3, -0.25) is 0 Å². The van der Waals surface area contributed by atoms with Crippen molar-refractivity contribution in [3.8, 4) is 0 Å². The van der Waals surface area contributed by atoms with E-state index in [4.69, 9.17) is 4.74 Å². The molecule has 3 heteroatoms. The van der Waals surface area contributed by atoms with Crippen LogP contribution in [0.5, 0.6) is 0 Å². The van der Waals surface area contributed by atoms with Crippen LogP contribution >= 0.6 is 0 Å². The van der Waals surface area contributed by atoms with Gasteiger partial charge >= 0.3 is 5.97 Å². The highest BCUT2D eigenvalue weighted by molar-refractivity contribution is 6.04. The maximum atomic E-state index is 12.5. The van der Waals surface area contributed by atoms with Gasteiger partial charge in [0.25, 0.3) is 0 Å². The first-order valence-corrected chi connectivity index (χ1v) is 9.15. The summed E-state index contributed by atoms with van der Waals surface area (Å²) in [7, 11) is 0. The van der Waals surface area contributed by atoms with Gasteiger partial charge in [0.2, 0.25) is 0 Å². The minimum atomic E-state index is -0.214. The van der Waals surface area contributed by atoms with Gasteiger partial charge in [-0.2, -0.15) is 0 Å². The van der Waals surface area contributed by atoms with Crippen LogP contribution in [0, 0.1) is 0 Å². The summed E-state index contributed by atoms with van der Waals surface area (Å²) in [5.74, 6) is -0.214. The van der Waals surface area contributed by atoms with Crippen LogP contribution in [0.2, 0.25) is 0 Å². The lowest BCUT2D eigenvalue weighted by atomic mass is 10.1. The van der Waals surface area contributed by atoms with Crippen molar-refractivity contribution in [2.75, 3.05) is 32.8 Å². The van der Waals surface area contributed by atoms with Gasteiger partial charge in [0, 0.05) is 0 Å². The number of fused-ring (bicyclic) bond motifs is 1. The Labute approximate surface area is 145 Å². The lowest BCUT2D eigenvalue weighted by molar-refractivity contribution is -0.926. The van der Waals surface area contributed by atoms with Gasteiger partial charge in [0.05, 0.1) is 25.2 Å². The molecule has 0 saturated carbocycles. The summed E-state index contributed by atoms with van der Waals surface area (Å²) in [4.78, 5) is 12.5. The number of hydrogen-bond donors (Lipinski definition) is 0. The van der Waals surface area contributed by atoms with Crippen molar-refractivity contribution in [2.45, 2.75) is 33.6 Å². The zero-order valence-corrected chi connectivity index (χ0v) is 15.3. The van der Waals surface area contributed by atoms with E-state index in [0.717, 1.165) is 54.3 Å². The monoisotopic (exact) mass is 328 g/mol. The van der Waals surface area contributed by atoms with Crippen LogP contribution in [0.3, 0.4) is 0 Å². The molecular weight excluding hydrogens is 298 g/mol. The van der Waals surface area contributed by atoms with Gasteiger partial charge < -0.3 is 9.22 Å². The van der Waals surface area contributed by atoms with Crippen molar-refractivity contribution in [3.05, 3.63) is 48.0 Å². The molecule has 0 aliphatic rings. The second-order valence-corrected chi connectivity index (χ2v) is 6.49. The zero-order chi connectivity index (χ0) is 17.4. The van der Waals surface area contributed by atoms with Gasteiger partial charge in [0.1, 0.15) is 13.2 Å². The first kappa shape index (κ1) is 18.5. The van der Waals surface area contributed by atoms with Gasteiger partial charge in [-0.05, 0) is 36.6 Å². The Morgan fingerprint density at radius 3 is 2.25 bits per heavy atom. The van der Waals surface area contributed by atoms with Gasteiger partial charge in [0.15, 0.2) is 0 Å². The Balaban J connectivity index is 2.04. The topological polar surface area (TPSA) is 26.3 Å². The molecule has 0 amide bonds. The Kier molecular flexibility index (Phi) is 6.80. The summed E-state index contributed by atoms with van der Waals surface area (Å²) >= 11 is 0. The van der Waals surface area contributed by atoms with Crippen LogP contribution in [0.25, 0.3) is 10.8 Å². The highest BCUT2D eigenvalue weighted by atomic mass is 16.5. The van der Waals surface area contributed by atoms with E-state index in [0.29, 0.717) is 12.2 Å². The summed E-state index contributed by atoms with van der Waals surface area (Å²) in [5.41, 5.74) is 0.661. The highest BCUT2D eigenvalue weighted by Gasteiger charge is 2.24. The number of nitrogens with zero attached hydrogens (tertiary/aromatic N) is 1. The van der Waals surface area contributed by atoms with E-state index < -0.39 is 0 Å². The number of benzene rings is 2. The van der Waals surface area contributed by atoms with Crippen molar-refractivity contribution in [1.29, 1.82) is 0 Å². The number of quaternary nitrogens is 1. The summed E-state index contributed by atoms with van der Waals surface area (Å²) in [5, 5.41) is 2.03. The third-order valence-electron chi connectivity index (χ3n) is 4.88. The van der Waals surface area contributed by atoms with Gasteiger partial charge in [-0.25, -0.2) is 4.79 Å². The molecule has 0 spiro atoms. The molecule has 0 saturated heterocycles. The Hall–Kier alpha value is -1.87. The maximum Gasteiger partial charge on any atom is 0.338 e. The number of carbonyl (C=O) groups excluding carboxylic acids is 1. The summed E-state index contributed by atoms with van der Waals surface area (Å²) in [6, 6.07) is 13.7. The maximum absolute atomic E-state index is 12.5. The second-order valence-electron chi connectivity index (χ2n) is 6.49. The Morgan fingerprint density at radius 1 is 0.917 bits per heavy atom. The molecule has 0 aromatic heterocycles. The molecule has 0 unspecified atom stereocenters. The van der Waals surface area contributed by atoms with Crippen LogP contribution in [-0.2, 0) is 4.74 Å². The minimum Gasteiger partial charge on any atom is -0.456 e. The number of carbonyl (C=O) groups is 1. The normalized spacial score (nSPS) is 11.6. The first-order chi connectivity index (χ1) is 11.7. The predicted molar refractivity (Wildman–Crippen MR) is 100 cm³/mol. The Morgan fingerprint density at radius 2 is 1.58 bits per heavy atom. The standard InChI is InChI=1S/C21H30NO2/c1-4-14-22(6-3,15-5-2)16-17-24-21(23)20-13-9-11-18-10-7-8-12-19(18)20/h7-13H,4-6,14-17H2,1-3H3/q+1. The smallest absolute Gasteiger partial charge is 0.338 e. The lowest BCUT2D eigenvalue weighted by Crippen LogP contribution is -2.51. The molecule has 0 bridgehead atoms. The molecule has 0 fully saturated rings. The SMILES string of the molecule is CCC[N+](CC)(CCC)CCOC(=O)c1cccc2ccccc12. The van der Waals surface area contributed by atoms with E-state index in [1.807, 2.05) is 42.5 Å². The van der Waals surface area contributed by atoms with E-state index in [1.165, 1.54) is 0 Å². The van der Waals surface area contributed by atoms with E-state index in [1.54, 1.807) is 0 Å². The Bertz CT molecular complexity index is 654. The quantitative estimate of drug-likeness (QED) is 0.494. The van der Waals surface area contributed by atoms with Crippen molar-refractivity contribution >= 4 is 16.7 Å². The molecule has 0 N–H and O–H groups in total. The summed E-state index contributed by atoms with van der Waals surface area (Å²) < 4.78 is 6.67. The van der Waals surface area contributed by atoms with E-state index in [-0.39, 0.29) is 5.97 Å². The molecule has 2 rings (SSSR count). The zero-order valence-electron chi connectivity index (χ0n) is 15.3. The molecule has 24 heavy (non-hydrogen) atoms. The molecule has 0 heterocycles. The average molecular weight is 328 g/mol. The fraction of sp³-hybridized carbons (Fsp3) is 0.476. The molecule has 2 aromatic carbocycles. The van der Waals surface area contributed by atoms with Crippen LogP contribution in [0.4, 0.5) is 0 Å². The van der Waals surface area contributed by atoms with Crippen LogP contribution in [0.1, 0.15) is 44.0 Å². The fourth-order valence-electron chi connectivity index (χ4n) is 3.57. The van der Waals surface area contributed by atoms with E-state index in [9.17, 15) is 4.79 Å². The van der Waals surface area contributed by atoms with Crippen LogP contribution in [0.15, 0.2) is 42.5 Å². The van der Waals surface area contributed by atoms with Gasteiger partial charge in [-0.15, -0.1) is 0 Å². The number of esters is 1. The fourth-order valence-corrected chi connectivity index (χ4v) is 3.57. The second kappa shape index (κ2) is 8.84. The number of likely N-dealkylation sites (N-methyl/N-ethyl adjacent to an activating group) is 1. The first-order valence-electron chi connectivity index (χ1n) is 9.15. The van der Waals surface area contributed by atoms with E-state index in [2.05, 4.69) is 20.8 Å². The molecule has 0 aliphatic heterocycles. The lowest BCUT2D eigenvalue weighted by Gasteiger charge is -2.37. The molecule has 2 aromatic rings. The van der Waals surface area contributed by atoms with Crippen LogP contribution in [-0.4, -0.2) is 43.2 Å². The third kappa shape index (κ3) is 4.35. The largest absolute Gasteiger partial charge is 0.456 e. The van der Waals surface area contributed by atoms with Crippen molar-refractivity contribution in [3.63, 3.8) is 0 Å². The summed E-state index contributed by atoms with van der Waals surface area (Å²) in [6.45, 7) is 11.4. The third-order valence-corrected chi connectivity index (χ3v) is 4.88. The van der Waals surface area contributed by atoms with E-state index >= 15 is 0 Å². The van der Waals surface area contributed by atoms with Crippen molar-refractivity contribution in [1.82, 2.24) is 0 Å².